The number of rotatable bonds is 10. The maximum Gasteiger partial charge on any atom is 0.194 e. The summed E-state index contributed by atoms with van der Waals surface area (Å²) in [5, 5.41) is 11.6. The van der Waals surface area contributed by atoms with Crippen LogP contribution < -0.4 is 5.32 Å². The zero-order valence-corrected chi connectivity index (χ0v) is 18.8. The average molecular weight is 486 g/mol. The van der Waals surface area contributed by atoms with Gasteiger partial charge in [0, 0.05) is 53.4 Å². The zero-order valence-electron chi connectivity index (χ0n) is 16.5. The molecule has 1 aromatic heterocycles. The summed E-state index contributed by atoms with van der Waals surface area (Å²) in [5.74, 6) is 1.90. The summed E-state index contributed by atoms with van der Waals surface area (Å²) < 4.78 is 7.19. The molecule has 27 heavy (non-hydrogen) atoms. The van der Waals surface area contributed by atoms with Crippen LogP contribution in [0.4, 0.5) is 0 Å². The Hall–Kier alpha value is -1.68. The molecule has 1 aromatic carbocycles. The molecule has 0 spiro atoms. The van der Waals surface area contributed by atoms with Gasteiger partial charge < -0.3 is 19.5 Å². The summed E-state index contributed by atoms with van der Waals surface area (Å²) in [6.07, 6.45) is 3.57. The van der Waals surface area contributed by atoms with Gasteiger partial charge in [0.25, 0.3) is 0 Å². The molecule has 0 radical (unpaired) electrons. The van der Waals surface area contributed by atoms with E-state index in [4.69, 9.17) is 9.73 Å². The summed E-state index contributed by atoms with van der Waals surface area (Å²) in [4.78, 5) is 6.88. The molecule has 0 aliphatic carbocycles. The molecule has 150 valence electrons. The number of nitrogens with one attached hydrogen (secondary N) is 1. The van der Waals surface area contributed by atoms with Crippen molar-refractivity contribution in [1.29, 1.82) is 0 Å². The maximum absolute atomic E-state index is 5.11. The number of benzene rings is 1. The van der Waals surface area contributed by atoms with Crippen LogP contribution in [0.2, 0.25) is 0 Å². The van der Waals surface area contributed by atoms with Gasteiger partial charge >= 0.3 is 0 Å². The fourth-order valence-electron chi connectivity index (χ4n) is 2.67. The van der Waals surface area contributed by atoms with Gasteiger partial charge in [-0.1, -0.05) is 37.3 Å². The van der Waals surface area contributed by atoms with Gasteiger partial charge in [0.05, 0.1) is 0 Å². The van der Waals surface area contributed by atoms with E-state index in [9.17, 15) is 0 Å². The molecular weight excluding hydrogens is 455 g/mol. The summed E-state index contributed by atoms with van der Waals surface area (Å²) in [6.45, 7) is 5.94. The first-order valence-electron chi connectivity index (χ1n) is 9.13. The lowest BCUT2D eigenvalue weighted by atomic mass is 10.2. The lowest BCUT2D eigenvalue weighted by Gasteiger charge is -2.23. The lowest BCUT2D eigenvalue weighted by Crippen LogP contribution is -2.40. The number of methoxy groups -OCH3 is 1. The highest BCUT2D eigenvalue weighted by atomic mass is 127. The molecule has 2 rings (SSSR count). The molecule has 0 aliphatic rings. The molecule has 1 N–H and O–H groups in total. The topological polar surface area (TPSA) is 67.6 Å². The zero-order chi connectivity index (χ0) is 18.6. The summed E-state index contributed by atoms with van der Waals surface area (Å²) in [5.41, 5.74) is 1.26. The summed E-state index contributed by atoms with van der Waals surface area (Å²) in [7, 11) is 3.78. The lowest BCUT2D eigenvalue weighted by molar-refractivity contribution is 0.197. The molecule has 0 saturated heterocycles. The van der Waals surface area contributed by atoms with Crippen LogP contribution >= 0.6 is 24.0 Å². The predicted molar refractivity (Wildman–Crippen MR) is 120 cm³/mol. The van der Waals surface area contributed by atoms with Crippen molar-refractivity contribution in [1.82, 2.24) is 25.0 Å². The second-order valence-corrected chi connectivity index (χ2v) is 6.11. The van der Waals surface area contributed by atoms with Crippen LogP contribution in [-0.2, 0) is 24.2 Å². The van der Waals surface area contributed by atoms with E-state index in [2.05, 4.69) is 63.2 Å². The SMILES string of the molecule is CCc1nncn1CCNC(=NCCCOC)N(C)Cc1ccccc1.I. The molecule has 0 saturated carbocycles. The van der Waals surface area contributed by atoms with Crippen molar-refractivity contribution < 1.29 is 4.74 Å². The average Bonchev–Trinajstić information content (AvgIpc) is 3.12. The number of halogens is 1. The number of aliphatic imine (C=N–C) groups is 1. The van der Waals surface area contributed by atoms with E-state index >= 15 is 0 Å². The van der Waals surface area contributed by atoms with E-state index in [1.807, 2.05) is 6.07 Å². The number of aromatic nitrogens is 3. The van der Waals surface area contributed by atoms with Crippen LogP contribution in [0.3, 0.4) is 0 Å². The first kappa shape index (κ1) is 23.4. The number of nitrogens with zero attached hydrogens (tertiary/aromatic N) is 5. The van der Waals surface area contributed by atoms with E-state index in [0.29, 0.717) is 0 Å². The van der Waals surface area contributed by atoms with E-state index in [1.165, 1.54) is 5.56 Å². The normalized spacial score (nSPS) is 11.1. The molecule has 7 nitrogen and oxygen atoms in total. The Labute approximate surface area is 179 Å². The van der Waals surface area contributed by atoms with Crippen LogP contribution in [0.25, 0.3) is 0 Å². The van der Waals surface area contributed by atoms with Gasteiger partial charge in [-0.3, -0.25) is 4.99 Å². The summed E-state index contributed by atoms with van der Waals surface area (Å²) >= 11 is 0. The van der Waals surface area contributed by atoms with Gasteiger partial charge in [-0.2, -0.15) is 0 Å². The minimum Gasteiger partial charge on any atom is -0.385 e. The molecular formula is C19H31IN6O. The molecule has 8 heteroatoms. The number of guanidine groups is 1. The molecule has 0 unspecified atom stereocenters. The fraction of sp³-hybridized carbons (Fsp3) is 0.526. The Kier molecular flexibility index (Phi) is 11.7. The molecule has 0 amide bonds. The van der Waals surface area contributed by atoms with Crippen LogP contribution in [0.5, 0.6) is 0 Å². The van der Waals surface area contributed by atoms with Gasteiger partial charge in [-0.15, -0.1) is 34.2 Å². The van der Waals surface area contributed by atoms with E-state index in [-0.39, 0.29) is 24.0 Å². The predicted octanol–water partition coefficient (Wildman–Crippen LogP) is 2.57. The largest absolute Gasteiger partial charge is 0.385 e. The number of ether oxygens (including phenoxy) is 1. The van der Waals surface area contributed by atoms with Crippen LogP contribution in [0, 0.1) is 0 Å². The van der Waals surface area contributed by atoms with Crippen LogP contribution in [0.1, 0.15) is 24.7 Å². The third kappa shape index (κ3) is 8.25. The van der Waals surface area contributed by atoms with Crippen molar-refractivity contribution in [2.24, 2.45) is 4.99 Å². The van der Waals surface area contributed by atoms with E-state index < -0.39 is 0 Å². The summed E-state index contributed by atoms with van der Waals surface area (Å²) in [6, 6.07) is 10.4. The van der Waals surface area contributed by atoms with E-state index in [0.717, 1.165) is 57.4 Å². The third-order valence-electron chi connectivity index (χ3n) is 4.04. The quantitative estimate of drug-likeness (QED) is 0.242. The molecule has 0 fully saturated rings. The Morgan fingerprint density at radius 1 is 1.30 bits per heavy atom. The Balaban J connectivity index is 0.00000364. The first-order valence-corrected chi connectivity index (χ1v) is 9.13. The second kappa shape index (κ2) is 13.5. The highest BCUT2D eigenvalue weighted by molar-refractivity contribution is 14.0. The monoisotopic (exact) mass is 486 g/mol. The van der Waals surface area contributed by atoms with E-state index in [1.54, 1.807) is 13.4 Å². The van der Waals surface area contributed by atoms with Gasteiger partial charge in [0.15, 0.2) is 5.96 Å². The van der Waals surface area contributed by atoms with Crippen molar-refractivity contribution in [3.63, 3.8) is 0 Å². The Morgan fingerprint density at radius 2 is 2.07 bits per heavy atom. The van der Waals surface area contributed by atoms with Crippen molar-refractivity contribution in [3.8, 4) is 0 Å². The van der Waals surface area contributed by atoms with Crippen LogP contribution in [-0.4, -0.2) is 59.5 Å². The number of hydrogen-bond donors (Lipinski definition) is 1. The Bertz CT molecular complexity index is 661. The maximum atomic E-state index is 5.11. The smallest absolute Gasteiger partial charge is 0.194 e. The van der Waals surface area contributed by atoms with Crippen molar-refractivity contribution in [3.05, 3.63) is 48.0 Å². The van der Waals surface area contributed by atoms with Crippen molar-refractivity contribution in [2.75, 3.05) is 33.9 Å². The molecule has 2 aromatic rings. The molecule has 0 bridgehead atoms. The highest BCUT2D eigenvalue weighted by Gasteiger charge is 2.08. The minimum absolute atomic E-state index is 0. The van der Waals surface area contributed by atoms with Gasteiger partial charge in [0.2, 0.25) is 0 Å². The van der Waals surface area contributed by atoms with Crippen LogP contribution in [0.15, 0.2) is 41.7 Å². The molecule has 0 aliphatic heterocycles. The number of hydrogen-bond acceptors (Lipinski definition) is 4. The van der Waals surface area contributed by atoms with Gasteiger partial charge in [-0.05, 0) is 12.0 Å². The molecule has 0 atom stereocenters. The van der Waals surface area contributed by atoms with Gasteiger partial charge in [0.1, 0.15) is 12.2 Å². The van der Waals surface area contributed by atoms with Gasteiger partial charge in [-0.25, -0.2) is 0 Å². The fourth-order valence-corrected chi connectivity index (χ4v) is 2.67. The Morgan fingerprint density at radius 3 is 2.78 bits per heavy atom. The third-order valence-corrected chi connectivity index (χ3v) is 4.04. The molecule has 1 heterocycles. The van der Waals surface area contributed by atoms with Crippen molar-refractivity contribution in [2.45, 2.75) is 32.9 Å². The first-order chi connectivity index (χ1) is 12.7. The van der Waals surface area contributed by atoms with Crippen molar-refractivity contribution >= 4 is 29.9 Å². The number of aryl methyl sites for hydroxylation is 1. The second-order valence-electron chi connectivity index (χ2n) is 6.11. The minimum atomic E-state index is 0. The standard InChI is InChI=1S/C19H30N6O.HI/c1-4-18-23-22-16-25(18)13-12-21-19(20-11-8-14-26-3)24(2)15-17-9-6-5-7-10-17;/h5-7,9-10,16H,4,8,11-15H2,1-3H3,(H,20,21);1H. The highest BCUT2D eigenvalue weighted by Crippen LogP contribution is 2.03.